The van der Waals surface area contributed by atoms with Crippen molar-refractivity contribution >= 4 is 34.8 Å². The van der Waals surface area contributed by atoms with E-state index in [4.69, 9.17) is 21.1 Å². The smallest absolute Gasteiger partial charge is 0.254 e. The van der Waals surface area contributed by atoms with Crippen molar-refractivity contribution in [1.82, 2.24) is 9.80 Å². The lowest BCUT2D eigenvalue weighted by atomic mass is 9.93. The number of hydrogen-bond acceptors (Lipinski definition) is 5. The van der Waals surface area contributed by atoms with Gasteiger partial charge in [0.2, 0.25) is 5.91 Å². The highest BCUT2D eigenvalue weighted by atomic mass is 35.5. The number of halogens is 1. The zero-order chi connectivity index (χ0) is 27.8. The van der Waals surface area contributed by atoms with Gasteiger partial charge in [-0.25, -0.2) is 0 Å². The van der Waals surface area contributed by atoms with E-state index in [-0.39, 0.29) is 24.4 Å². The minimum absolute atomic E-state index is 0.0471. The fourth-order valence-electron chi connectivity index (χ4n) is 5.14. The van der Waals surface area contributed by atoms with Crippen LogP contribution in [0.25, 0.3) is 0 Å². The second-order valence-electron chi connectivity index (χ2n) is 10.0. The topological polar surface area (TPSA) is 59.1 Å². The fraction of sp³-hybridized carbons (Fsp3) is 0.419. The average molecular weight is 569 g/mol. The molecule has 6 nitrogen and oxygen atoms in total. The first kappa shape index (κ1) is 29.0. The molecule has 8 heteroatoms. The van der Waals surface area contributed by atoms with E-state index in [0.717, 1.165) is 36.1 Å². The van der Waals surface area contributed by atoms with Gasteiger partial charge >= 0.3 is 0 Å². The van der Waals surface area contributed by atoms with Gasteiger partial charge in [0.25, 0.3) is 5.91 Å². The molecule has 0 atom stereocenters. The molecule has 2 aromatic carbocycles. The van der Waals surface area contributed by atoms with Crippen LogP contribution in [-0.4, -0.2) is 55.0 Å². The molecule has 0 saturated heterocycles. The second-order valence-corrected chi connectivity index (χ2v) is 11.8. The molecule has 1 heterocycles. The van der Waals surface area contributed by atoms with Crippen molar-refractivity contribution in [3.63, 3.8) is 0 Å². The van der Waals surface area contributed by atoms with Crippen molar-refractivity contribution in [3.8, 4) is 11.5 Å². The number of benzene rings is 2. The quantitative estimate of drug-likeness (QED) is 0.256. The molecule has 1 fully saturated rings. The van der Waals surface area contributed by atoms with Gasteiger partial charge in [0, 0.05) is 32.9 Å². The summed E-state index contributed by atoms with van der Waals surface area (Å²) in [4.78, 5) is 33.6. The summed E-state index contributed by atoms with van der Waals surface area (Å²) in [6.07, 6.45) is 5.77. The van der Waals surface area contributed by atoms with E-state index in [1.807, 2.05) is 23.1 Å². The van der Waals surface area contributed by atoms with E-state index in [2.05, 4.69) is 19.1 Å². The molecule has 0 unspecified atom stereocenters. The number of amides is 2. The predicted molar refractivity (Wildman–Crippen MR) is 157 cm³/mol. The minimum Gasteiger partial charge on any atom is -0.493 e. The third-order valence-corrected chi connectivity index (χ3v) is 8.49. The Morgan fingerprint density at radius 1 is 0.974 bits per heavy atom. The average Bonchev–Trinajstić information content (AvgIpc) is 3.38. The van der Waals surface area contributed by atoms with Gasteiger partial charge in [-0.2, -0.15) is 0 Å². The molecule has 0 aliphatic heterocycles. The van der Waals surface area contributed by atoms with Gasteiger partial charge in [-0.1, -0.05) is 43.0 Å². The number of ether oxygens (including phenoxy) is 2. The summed E-state index contributed by atoms with van der Waals surface area (Å²) in [5.41, 5.74) is 1.57. The standard InChI is InChI=1S/C31H37ClN2O4S/c1-22-12-14-27(39-22)20-33(17-16-23-13-15-28(37-2)29(18-23)38-3)30(35)21-34(26-10-5-4-6-11-26)31(36)24-8-7-9-25(32)19-24/h7-9,12-15,18-19,26H,4-6,10-11,16-17,20-21H2,1-3H3. The summed E-state index contributed by atoms with van der Waals surface area (Å²) in [5, 5.41) is 0.514. The highest BCUT2D eigenvalue weighted by Gasteiger charge is 2.30. The van der Waals surface area contributed by atoms with E-state index >= 15 is 0 Å². The first-order valence-electron chi connectivity index (χ1n) is 13.5. The molecule has 39 heavy (non-hydrogen) atoms. The van der Waals surface area contributed by atoms with Gasteiger partial charge in [0.15, 0.2) is 11.5 Å². The third kappa shape index (κ3) is 7.76. The number of aryl methyl sites for hydroxylation is 1. The Morgan fingerprint density at radius 3 is 2.41 bits per heavy atom. The van der Waals surface area contributed by atoms with Crippen LogP contribution in [0, 0.1) is 6.92 Å². The number of hydrogen-bond donors (Lipinski definition) is 0. The number of carbonyl (C=O) groups excluding carboxylic acids is 2. The van der Waals surface area contributed by atoms with Crippen molar-refractivity contribution < 1.29 is 19.1 Å². The molecule has 0 radical (unpaired) electrons. The number of carbonyl (C=O) groups is 2. The van der Waals surface area contributed by atoms with Crippen molar-refractivity contribution in [2.24, 2.45) is 0 Å². The molecular formula is C31H37ClN2O4S. The van der Waals surface area contributed by atoms with E-state index in [9.17, 15) is 9.59 Å². The Bertz CT molecular complexity index is 1270. The van der Waals surface area contributed by atoms with Crippen molar-refractivity contribution in [2.75, 3.05) is 27.3 Å². The van der Waals surface area contributed by atoms with Crippen molar-refractivity contribution in [1.29, 1.82) is 0 Å². The Hall–Kier alpha value is -3.03. The Kier molecular flexibility index (Phi) is 10.3. The molecule has 0 bridgehead atoms. The normalized spacial score (nSPS) is 13.6. The monoisotopic (exact) mass is 568 g/mol. The maximum absolute atomic E-state index is 13.9. The van der Waals surface area contributed by atoms with Gasteiger partial charge in [-0.15, -0.1) is 11.3 Å². The fourth-order valence-corrected chi connectivity index (χ4v) is 6.24. The number of rotatable bonds is 11. The maximum atomic E-state index is 13.9. The summed E-state index contributed by atoms with van der Waals surface area (Å²) in [5.74, 6) is 1.15. The van der Waals surface area contributed by atoms with Crippen LogP contribution in [0.3, 0.4) is 0 Å². The van der Waals surface area contributed by atoms with Gasteiger partial charge in [0.1, 0.15) is 6.54 Å². The number of methoxy groups -OCH3 is 2. The zero-order valence-electron chi connectivity index (χ0n) is 23.0. The largest absolute Gasteiger partial charge is 0.493 e. The highest BCUT2D eigenvalue weighted by molar-refractivity contribution is 7.11. The summed E-state index contributed by atoms with van der Waals surface area (Å²) < 4.78 is 10.8. The summed E-state index contributed by atoms with van der Waals surface area (Å²) in [7, 11) is 3.23. The number of nitrogens with zero attached hydrogens (tertiary/aromatic N) is 2. The van der Waals surface area contributed by atoms with E-state index < -0.39 is 0 Å². The summed E-state index contributed by atoms with van der Waals surface area (Å²) in [6, 6.07) is 17.0. The second kappa shape index (κ2) is 13.9. The molecule has 2 amide bonds. The molecule has 1 saturated carbocycles. The van der Waals surface area contributed by atoms with Gasteiger partial charge in [-0.05, 0) is 74.2 Å². The van der Waals surface area contributed by atoms with Gasteiger partial charge in [0.05, 0.1) is 20.8 Å². The SMILES string of the molecule is COc1ccc(CCN(Cc2ccc(C)s2)C(=O)CN(C(=O)c2cccc(Cl)c2)C2CCCCC2)cc1OC. The molecule has 208 valence electrons. The molecule has 1 aliphatic rings. The lowest BCUT2D eigenvalue weighted by molar-refractivity contribution is -0.133. The van der Waals surface area contributed by atoms with E-state index in [1.54, 1.807) is 54.7 Å². The zero-order valence-corrected chi connectivity index (χ0v) is 24.5. The molecule has 3 aromatic rings. The van der Waals surface area contributed by atoms with Crippen LogP contribution in [0.1, 0.15) is 57.8 Å². The lowest BCUT2D eigenvalue weighted by Crippen LogP contribution is -2.48. The van der Waals surface area contributed by atoms with Crippen LogP contribution in [0.2, 0.25) is 5.02 Å². The van der Waals surface area contributed by atoms with Crippen molar-refractivity contribution in [3.05, 3.63) is 80.5 Å². The van der Waals surface area contributed by atoms with Crippen molar-refractivity contribution in [2.45, 2.75) is 58.0 Å². The molecule has 1 aromatic heterocycles. The molecule has 0 spiro atoms. The highest BCUT2D eigenvalue weighted by Crippen LogP contribution is 2.29. The first-order valence-corrected chi connectivity index (χ1v) is 14.7. The predicted octanol–water partition coefficient (Wildman–Crippen LogP) is 6.77. The van der Waals surface area contributed by atoms with Crippen LogP contribution < -0.4 is 9.47 Å². The van der Waals surface area contributed by atoms with Crippen LogP contribution in [-0.2, 0) is 17.8 Å². The lowest BCUT2D eigenvalue weighted by Gasteiger charge is -2.35. The Labute approximate surface area is 240 Å². The van der Waals surface area contributed by atoms with Crippen LogP contribution >= 0.6 is 22.9 Å². The maximum Gasteiger partial charge on any atom is 0.254 e. The Balaban J connectivity index is 1.56. The minimum atomic E-state index is -0.135. The van der Waals surface area contributed by atoms with Crippen LogP contribution in [0.4, 0.5) is 0 Å². The van der Waals surface area contributed by atoms with Gasteiger partial charge < -0.3 is 19.3 Å². The van der Waals surface area contributed by atoms with Crippen LogP contribution in [0.15, 0.2) is 54.6 Å². The molecule has 1 aliphatic carbocycles. The number of thiophene rings is 1. The molecular weight excluding hydrogens is 532 g/mol. The van der Waals surface area contributed by atoms with E-state index in [1.165, 1.54) is 11.3 Å². The molecule has 4 rings (SSSR count). The summed E-state index contributed by atoms with van der Waals surface area (Å²) >= 11 is 7.90. The van der Waals surface area contributed by atoms with Gasteiger partial charge in [-0.3, -0.25) is 9.59 Å². The van der Waals surface area contributed by atoms with E-state index in [0.29, 0.717) is 41.6 Å². The summed E-state index contributed by atoms with van der Waals surface area (Å²) in [6.45, 7) is 3.15. The first-order chi connectivity index (χ1) is 18.9. The Morgan fingerprint density at radius 2 is 1.74 bits per heavy atom. The third-order valence-electron chi connectivity index (χ3n) is 7.27. The van der Waals surface area contributed by atoms with Crippen LogP contribution in [0.5, 0.6) is 11.5 Å². The molecule has 0 N–H and O–H groups in total.